The minimum Gasteiger partial charge on any atom is -0.310 e. The van der Waals surface area contributed by atoms with Crippen molar-refractivity contribution in [2.45, 2.75) is 32.2 Å². The number of unbranched alkanes of at least 4 members (excludes halogenated alkanes) is 1. The van der Waals surface area contributed by atoms with Gasteiger partial charge in [0.15, 0.2) is 0 Å². The third-order valence-electron chi connectivity index (χ3n) is 2.44. The van der Waals surface area contributed by atoms with Gasteiger partial charge in [-0.3, -0.25) is 4.98 Å². The van der Waals surface area contributed by atoms with E-state index in [-0.39, 0.29) is 0 Å². The second kappa shape index (κ2) is 7.18. The van der Waals surface area contributed by atoms with Gasteiger partial charge in [0.2, 0.25) is 0 Å². The van der Waals surface area contributed by atoms with Gasteiger partial charge in [-0.15, -0.1) is 6.58 Å². The van der Waals surface area contributed by atoms with Crippen molar-refractivity contribution in [3.63, 3.8) is 0 Å². The van der Waals surface area contributed by atoms with Crippen molar-refractivity contribution in [1.82, 2.24) is 10.3 Å². The van der Waals surface area contributed by atoms with Crippen LogP contribution in [0.25, 0.3) is 0 Å². The fourth-order valence-electron chi connectivity index (χ4n) is 1.68. The number of allylic oxidation sites excluding steroid dienone is 1. The molecule has 1 unspecified atom stereocenters. The molecule has 0 aromatic carbocycles. The van der Waals surface area contributed by atoms with Crippen molar-refractivity contribution in [2.24, 2.45) is 0 Å². The summed E-state index contributed by atoms with van der Waals surface area (Å²) in [6.45, 7) is 6.87. The molecule has 1 atom stereocenters. The maximum Gasteiger partial charge on any atom is 0.0335 e. The number of hydrogen-bond acceptors (Lipinski definition) is 2. The molecular formula is C13H20N2. The SMILES string of the molecule is C=CCCCC(NCC)c1cccnc1. The van der Waals surface area contributed by atoms with Gasteiger partial charge in [0, 0.05) is 18.4 Å². The Morgan fingerprint density at radius 2 is 2.47 bits per heavy atom. The number of nitrogens with one attached hydrogen (secondary N) is 1. The minimum atomic E-state index is 0.434. The van der Waals surface area contributed by atoms with Crippen molar-refractivity contribution < 1.29 is 0 Å². The molecule has 0 saturated heterocycles. The second-order valence-corrected chi connectivity index (χ2v) is 3.62. The molecule has 1 aromatic rings. The maximum atomic E-state index is 4.16. The van der Waals surface area contributed by atoms with Crippen molar-refractivity contribution in [1.29, 1.82) is 0 Å². The standard InChI is InChI=1S/C13H20N2/c1-3-5-6-9-13(15-4-2)12-8-7-10-14-11-12/h3,7-8,10-11,13,15H,1,4-6,9H2,2H3. The van der Waals surface area contributed by atoms with Crippen LogP contribution in [0.4, 0.5) is 0 Å². The van der Waals surface area contributed by atoms with E-state index in [9.17, 15) is 0 Å². The molecule has 0 saturated carbocycles. The Hall–Kier alpha value is -1.15. The fourth-order valence-corrected chi connectivity index (χ4v) is 1.68. The lowest BCUT2D eigenvalue weighted by molar-refractivity contribution is 0.499. The second-order valence-electron chi connectivity index (χ2n) is 3.62. The lowest BCUT2D eigenvalue weighted by Crippen LogP contribution is -2.20. The summed E-state index contributed by atoms with van der Waals surface area (Å²) in [5.41, 5.74) is 1.28. The zero-order valence-electron chi connectivity index (χ0n) is 9.45. The van der Waals surface area contributed by atoms with Crippen molar-refractivity contribution >= 4 is 0 Å². The molecule has 2 heteroatoms. The van der Waals surface area contributed by atoms with E-state index in [0.717, 1.165) is 19.4 Å². The quantitative estimate of drug-likeness (QED) is 0.545. The van der Waals surface area contributed by atoms with Crippen molar-refractivity contribution in [2.75, 3.05) is 6.54 Å². The molecule has 0 aliphatic carbocycles. The third-order valence-corrected chi connectivity index (χ3v) is 2.44. The van der Waals surface area contributed by atoms with Crippen LogP contribution >= 0.6 is 0 Å². The Balaban J connectivity index is 2.53. The van der Waals surface area contributed by atoms with E-state index >= 15 is 0 Å². The van der Waals surface area contributed by atoms with Gasteiger partial charge >= 0.3 is 0 Å². The van der Waals surface area contributed by atoms with Crippen molar-refractivity contribution in [3.05, 3.63) is 42.7 Å². The number of nitrogens with zero attached hydrogens (tertiary/aromatic N) is 1. The summed E-state index contributed by atoms with van der Waals surface area (Å²) in [5.74, 6) is 0. The highest BCUT2D eigenvalue weighted by Gasteiger charge is 2.08. The highest BCUT2D eigenvalue weighted by Crippen LogP contribution is 2.18. The van der Waals surface area contributed by atoms with Gasteiger partial charge < -0.3 is 5.32 Å². The van der Waals surface area contributed by atoms with Crippen LogP contribution in [-0.2, 0) is 0 Å². The van der Waals surface area contributed by atoms with E-state index in [1.807, 2.05) is 24.5 Å². The van der Waals surface area contributed by atoms with Gasteiger partial charge in [-0.2, -0.15) is 0 Å². The van der Waals surface area contributed by atoms with Crippen LogP contribution in [0.5, 0.6) is 0 Å². The van der Waals surface area contributed by atoms with Crippen LogP contribution in [0.3, 0.4) is 0 Å². The molecule has 0 fully saturated rings. The van der Waals surface area contributed by atoms with Gasteiger partial charge in [0.05, 0.1) is 0 Å². The van der Waals surface area contributed by atoms with Crippen LogP contribution in [0.15, 0.2) is 37.2 Å². The third kappa shape index (κ3) is 4.26. The number of rotatable bonds is 7. The lowest BCUT2D eigenvalue weighted by Gasteiger charge is -2.17. The van der Waals surface area contributed by atoms with Gasteiger partial charge in [0.1, 0.15) is 0 Å². The van der Waals surface area contributed by atoms with Crippen molar-refractivity contribution in [3.8, 4) is 0 Å². The van der Waals surface area contributed by atoms with Gasteiger partial charge in [-0.1, -0.05) is 19.1 Å². The fraction of sp³-hybridized carbons (Fsp3) is 0.462. The summed E-state index contributed by atoms with van der Waals surface area (Å²) in [6.07, 6.45) is 9.15. The van der Waals surface area contributed by atoms with Gasteiger partial charge in [0.25, 0.3) is 0 Å². The van der Waals surface area contributed by atoms with Gasteiger partial charge in [-0.25, -0.2) is 0 Å². The number of aromatic nitrogens is 1. The van der Waals surface area contributed by atoms with Crippen LogP contribution in [0.1, 0.15) is 37.8 Å². The van der Waals surface area contributed by atoms with E-state index in [0.29, 0.717) is 6.04 Å². The van der Waals surface area contributed by atoms with Crippen LogP contribution in [0, 0.1) is 0 Å². The molecule has 0 spiro atoms. The van der Waals surface area contributed by atoms with Crippen LogP contribution < -0.4 is 5.32 Å². The Kier molecular flexibility index (Phi) is 5.71. The molecule has 1 aromatic heterocycles. The first-order valence-electron chi connectivity index (χ1n) is 5.62. The highest BCUT2D eigenvalue weighted by atomic mass is 14.9. The minimum absolute atomic E-state index is 0.434. The summed E-state index contributed by atoms with van der Waals surface area (Å²) in [4.78, 5) is 4.16. The molecule has 0 aliphatic rings. The highest BCUT2D eigenvalue weighted by molar-refractivity contribution is 5.13. The molecule has 0 amide bonds. The predicted molar refractivity (Wildman–Crippen MR) is 64.7 cm³/mol. The zero-order valence-corrected chi connectivity index (χ0v) is 9.45. The molecule has 1 rings (SSSR count). The smallest absolute Gasteiger partial charge is 0.0335 e. The summed E-state index contributed by atoms with van der Waals surface area (Å²) in [6, 6.07) is 4.56. The van der Waals surface area contributed by atoms with E-state index < -0.39 is 0 Å². The normalized spacial score (nSPS) is 12.3. The molecule has 82 valence electrons. The predicted octanol–water partition coefficient (Wildman–Crippen LogP) is 3.09. The molecule has 0 bridgehead atoms. The average Bonchev–Trinajstić information content (AvgIpc) is 2.29. The first-order chi connectivity index (χ1) is 7.38. The monoisotopic (exact) mass is 204 g/mol. The Morgan fingerprint density at radius 3 is 3.07 bits per heavy atom. The zero-order chi connectivity index (χ0) is 10.9. The largest absolute Gasteiger partial charge is 0.310 e. The Bertz CT molecular complexity index is 269. The van der Waals surface area contributed by atoms with E-state index in [1.165, 1.54) is 12.0 Å². The Labute approximate surface area is 92.4 Å². The maximum absolute atomic E-state index is 4.16. The average molecular weight is 204 g/mol. The molecule has 1 heterocycles. The molecule has 0 radical (unpaired) electrons. The summed E-state index contributed by atoms with van der Waals surface area (Å²) >= 11 is 0. The van der Waals surface area contributed by atoms with E-state index in [4.69, 9.17) is 0 Å². The first kappa shape index (κ1) is 11.9. The molecule has 1 N–H and O–H groups in total. The first-order valence-corrected chi connectivity index (χ1v) is 5.62. The summed E-state index contributed by atoms with van der Waals surface area (Å²) < 4.78 is 0. The molecule has 2 nitrogen and oxygen atoms in total. The molecular weight excluding hydrogens is 184 g/mol. The Morgan fingerprint density at radius 1 is 1.60 bits per heavy atom. The number of pyridine rings is 1. The van der Waals surface area contributed by atoms with E-state index in [1.54, 1.807) is 0 Å². The summed E-state index contributed by atoms with van der Waals surface area (Å²) in [5, 5.41) is 3.48. The topological polar surface area (TPSA) is 24.9 Å². The molecule has 15 heavy (non-hydrogen) atoms. The van der Waals surface area contributed by atoms with Crippen LogP contribution in [-0.4, -0.2) is 11.5 Å². The lowest BCUT2D eigenvalue weighted by atomic mass is 10.0. The molecule has 0 aliphatic heterocycles. The summed E-state index contributed by atoms with van der Waals surface area (Å²) in [7, 11) is 0. The number of hydrogen-bond donors (Lipinski definition) is 1. The van der Waals surface area contributed by atoms with Gasteiger partial charge in [-0.05, 0) is 37.4 Å². The van der Waals surface area contributed by atoms with Crippen LogP contribution in [0.2, 0.25) is 0 Å². The van der Waals surface area contributed by atoms with E-state index in [2.05, 4.69) is 29.9 Å².